The van der Waals surface area contributed by atoms with Crippen LogP contribution in [0, 0.1) is 11.3 Å². The highest BCUT2D eigenvalue weighted by Crippen LogP contribution is 2.44. The van der Waals surface area contributed by atoms with E-state index in [1.54, 1.807) is 0 Å². The Labute approximate surface area is 73.8 Å². The van der Waals surface area contributed by atoms with Crippen LogP contribution in [0.4, 0.5) is 0 Å². The van der Waals surface area contributed by atoms with Gasteiger partial charge in [-0.1, -0.05) is 19.1 Å². The van der Waals surface area contributed by atoms with Gasteiger partial charge < -0.3 is 0 Å². The molecular formula is C11H16O. The zero-order chi connectivity index (χ0) is 8.60. The zero-order valence-corrected chi connectivity index (χ0v) is 7.68. The van der Waals surface area contributed by atoms with E-state index in [0.29, 0.717) is 11.7 Å². The van der Waals surface area contributed by atoms with Gasteiger partial charge in [0, 0.05) is 12.3 Å². The van der Waals surface area contributed by atoms with Crippen LogP contribution in [0.1, 0.15) is 39.0 Å². The lowest BCUT2D eigenvalue weighted by atomic mass is 9.63. The normalized spacial score (nSPS) is 41.1. The predicted molar refractivity (Wildman–Crippen MR) is 48.8 cm³/mol. The second-order valence-electron chi connectivity index (χ2n) is 4.36. The van der Waals surface area contributed by atoms with E-state index in [1.165, 1.54) is 6.42 Å². The molecule has 2 rings (SSSR count). The highest BCUT2D eigenvalue weighted by molar-refractivity contribution is 5.83. The molecule has 0 radical (unpaired) electrons. The first-order valence-electron chi connectivity index (χ1n) is 4.93. The number of carbonyl (C=O) groups excluding carboxylic acids is 1. The van der Waals surface area contributed by atoms with Crippen LogP contribution in [0.3, 0.4) is 0 Å². The van der Waals surface area contributed by atoms with Crippen molar-refractivity contribution in [2.75, 3.05) is 0 Å². The minimum atomic E-state index is 0.216. The van der Waals surface area contributed by atoms with Crippen LogP contribution in [0.25, 0.3) is 0 Å². The monoisotopic (exact) mass is 164 g/mol. The number of hydrogen-bond donors (Lipinski definition) is 0. The molecule has 1 heteroatoms. The lowest BCUT2D eigenvalue weighted by Crippen LogP contribution is -2.37. The summed E-state index contributed by atoms with van der Waals surface area (Å²) in [6, 6.07) is 0. The van der Waals surface area contributed by atoms with Gasteiger partial charge in [-0.05, 0) is 31.1 Å². The molecule has 0 aromatic rings. The average molecular weight is 164 g/mol. The summed E-state index contributed by atoms with van der Waals surface area (Å²) >= 11 is 0. The SMILES string of the molecule is C[C@@]12C=CCC[C@H]1C(=O)CCC2. The lowest BCUT2D eigenvalue weighted by molar-refractivity contribution is -0.129. The van der Waals surface area contributed by atoms with Gasteiger partial charge >= 0.3 is 0 Å². The van der Waals surface area contributed by atoms with Gasteiger partial charge in [-0.2, -0.15) is 0 Å². The Morgan fingerprint density at radius 3 is 3.17 bits per heavy atom. The molecule has 0 amide bonds. The molecule has 0 heterocycles. The fraction of sp³-hybridized carbons (Fsp3) is 0.727. The molecule has 0 bridgehead atoms. The van der Waals surface area contributed by atoms with Crippen LogP contribution in [0.15, 0.2) is 12.2 Å². The van der Waals surface area contributed by atoms with Gasteiger partial charge in [0.2, 0.25) is 0 Å². The summed E-state index contributed by atoms with van der Waals surface area (Å²) in [5.74, 6) is 0.851. The average Bonchev–Trinajstić information content (AvgIpc) is 2.04. The molecule has 0 aromatic carbocycles. The largest absolute Gasteiger partial charge is 0.299 e. The van der Waals surface area contributed by atoms with Gasteiger partial charge in [0.05, 0.1) is 0 Å². The second kappa shape index (κ2) is 2.72. The number of ketones is 1. The van der Waals surface area contributed by atoms with E-state index in [0.717, 1.165) is 25.7 Å². The fourth-order valence-electron chi connectivity index (χ4n) is 2.67. The van der Waals surface area contributed by atoms with Gasteiger partial charge in [0.15, 0.2) is 0 Å². The van der Waals surface area contributed by atoms with Crippen LogP contribution in [-0.2, 0) is 4.79 Å². The molecule has 0 spiro atoms. The number of Topliss-reactive ketones (excluding diaryl/α,β-unsaturated/α-hetero) is 1. The molecule has 0 aromatic heterocycles. The summed E-state index contributed by atoms with van der Waals surface area (Å²) in [6.45, 7) is 2.24. The maximum Gasteiger partial charge on any atom is 0.136 e. The quantitative estimate of drug-likeness (QED) is 0.503. The molecule has 2 aliphatic rings. The van der Waals surface area contributed by atoms with Gasteiger partial charge in [-0.3, -0.25) is 4.79 Å². The minimum absolute atomic E-state index is 0.216. The molecule has 2 aliphatic carbocycles. The topological polar surface area (TPSA) is 17.1 Å². The first-order chi connectivity index (χ1) is 5.72. The summed E-state index contributed by atoms with van der Waals surface area (Å²) in [5, 5.41) is 0. The summed E-state index contributed by atoms with van der Waals surface area (Å²) in [4.78, 5) is 11.6. The number of rotatable bonds is 0. The van der Waals surface area contributed by atoms with E-state index >= 15 is 0 Å². The highest BCUT2D eigenvalue weighted by Gasteiger charge is 2.40. The Hall–Kier alpha value is -0.590. The van der Waals surface area contributed by atoms with E-state index in [4.69, 9.17) is 0 Å². The molecule has 0 N–H and O–H groups in total. The molecule has 1 nitrogen and oxygen atoms in total. The second-order valence-corrected chi connectivity index (χ2v) is 4.36. The molecular weight excluding hydrogens is 148 g/mol. The van der Waals surface area contributed by atoms with Crippen molar-refractivity contribution in [2.45, 2.75) is 39.0 Å². The highest BCUT2D eigenvalue weighted by atomic mass is 16.1. The molecule has 66 valence electrons. The smallest absolute Gasteiger partial charge is 0.136 e. The first kappa shape index (κ1) is 8.03. The number of hydrogen-bond acceptors (Lipinski definition) is 1. The van der Waals surface area contributed by atoms with Crippen LogP contribution in [-0.4, -0.2) is 5.78 Å². The van der Waals surface area contributed by atoms with Crippen molar-refractivity contribution in [2.24, 2.45) is 11.3 Å². The van der Waals surface area contributed by atoms with Crippen LogP contribution < -0.4 is 0 Å². The van der Waals surface area contributed by atoms with Crippen molar-refractivity contribution in [1.29, 1.82) is 0 Å². The molecule has 1 saturated carbocycles. The van der Waals surface area contributed by atoms with Gasteiger partial charge in [-0.25, -0.2) is 0 Å². The molecule has 0 saturated heterocycles. The Morgan fingerprint density at radius 1 is 1.58 bits per heavy atom. The molecule has 0 aliphatic heterocycles. The van der Waals surface area contributed by atoms with Crippen molar-refractivity contribution < 1.29 is 4.79 Å². The zero-order valence-electron chi connectivity index (χ0n) is 7.68. The van der Waals surface area contributed by atoms with Crippen molar-refractivity contribution in [3.8, 4) is 0 Å². The Kier molecular flexibility index (Phi) is 1.82. The Balaban J connectivity index is 2.28. The van der Waals surface area contributed by atoms with Gasteiger partial charge in [0.1, 0.15) is 5.78 Å². The lowest BCUT2D eigenvalue weighted by Gasteiger charge is -2.40. The standard InChI is InChI=1S/C11H16O/c1-11-7-3-2-5-9(11)10(12)6-4-8-11/h3,7,9H,2,4-6,8H2,1H3/t9-,11-/m0/s1. The van der Waals surface area contributed by atoms with Crippen molar-refractivity contribution >= 4 is 5.78 Å². The number of carbonyl (C=O) groups is 1. The van der Waals surface area contributed by atoms with Crippen molar-refractivity contribution in [1.82, 2.24) is 0 Å². The van der Waals surface area contributed by atoms with Crippen molar-refractivity contribution in [3.05, 3.63) is 12.2 Å². The summed E-state index contributed by atoms with van der Waals surface area (Å²) < 4.78 is 0. The third-order valence-electron chi connectivity index (χ3n) is 3.44. The molecule has 1 fully saturated rings. The maximum atomic E-state index is 11.6. The van der Waals surface area contributed by atoms with Crippen LogP contribution >= 0.6 is 0 Å². The predicted octanol–water partition coefficient (Wildman–Crippen LogP) is 2.71. The Morgan fingerprint density at radius 2 is 2.42 bits per heavy atom. The van der Waals surface area contributed by atoms with Crippen LogP contribution in [0.5, 0.6) is 0 Å². The summed E-state index contributed by atoms with van der Waals surface area (Å²) in [5.41, 5.74) is 0.216. The fourth-order valence-corrected chi connectivity index (χ4v) is 2.67. The van der Waals surface area contributed by atoms with Crippen LogP contribution in [0.2, 0.25) is 0 Å². The number of allylic oxidation sites excluding steroid dienone is 2. The third kappa shape index (κ3) is 1.12. The summed E-state index contributed by atoms with van der Waals surface area (Å²) in [7, 11) is 0. The van der Waals surface area contributed by atoms with Crippen molar-refractivity contribution in [3.63, 3.8) is 0 Å². The van der Waals surface area contributed by atoms with E-state index < -0.39 is 0 Å². The molecule has 12 heavy (non-hydrogen) atoms. The third-order valence-corrected chi connectivity index (χ3v) is 3.44. The minimum Gasteiger partial charge on any atom is -0.299 e. The van der Waals surface area contributed by atoms with Gasteiger partial charge in [0.25, 0.3) is 0 Å². The van der Waals surface area contributed by atoms with E-state index in [-0.39, 0.29) is 5.41 Å². The van der Waals surface area contributed by atoms with Gasteiger partial charge in [-0.15, -0.1) is 0 Å². The Bertz CT molecular complexity index is 229. The molecule has 2 atom stereocenters. The van der Waals surface area contributed by atoms with E-state index in [1.807, 2.05) is 0 Å². The number of fused-ring (bicyclic) bond motifs is 1. The summed E-state index contributed by atoms with van der Waals surface area (Å²) in [6.07, 6.45) is 9.84. The molecule has 0 unspecified atom stereocenters. The maximum absolute atomic E-state index is 11.6. The van der Waals surface area contributed by atoms with E-state index in [9.17, 15) is 4.79 Å². The van der Waals surface area contributed by atoms with E-state index in [2.05, 4.69) is 19.1 Å². The first-order valence-corrected chi connectivity index (χ1v) is 4.93.